The summed E-state index contributed by atoms with van der Waals surface area (Å²) in [5, 5.41) is 3.81. The number of H-pyrrole nitrogens is 1. The van der Waals surface area contributed by atoms with Gasteiger partial charge >= 0.3 is 0 Å². The van der Waals surface area contributed by atoms with E-state index in [1.807, 2.05) is 30.5 Å². The molecule has 2 aliphatic rings. The fraction of sp³-hybridized carbons (Fsp3) is 0.316. The van der Waals surface area contributed by atoms with Crippen molar-refractivity contribution in [3.05, 3.63) is 57.0 Å². The summed E-state index contributed by atoms with van der Waals surface area (Å²) in [6.07, 6.45) is 3.96. The number of allylic oxidation sites excluding steroid dienone is 2. The Morgan fingerprint density at radius 1 is 1.27 bits per heavy atom. The number of thioether (sulfide) groups is 1. The zero-order valence-electron chi connectivity index (χ0n) is 14.6. The van der Waals surface area contributed by atoms with Crippen LogP contribution < -0.4 is 15.6 Å². The number of rotatable bonds is 3. The lowest BCUT2D eigenvalue weighted by atomic mass is 9.76. The third-order valence-electron chi connectivity index (χ3n) is 4.86. The summed E-state index contributed by atoms with van der Waals surface area (Å²) in [5.74, 6) is 0.888. The SMILES string of the molecule is COc1cccc([C@H]2C3=C(CCCC3=O)Nc3nc(SC)[nH]c(=O)c32)c1. The van der Waals surface area contributed by atoms with Crippen LogP contribution in [-0.2, 0) is 4.79 Å². The van der Waals surface area contributed by atoms with Gasteiger partial charge in [-0.15, -0.1) is 0 Å². The summed E-state index contributed by atoms with van der Waals surface area (Å²) in [5.41, 5.74) is 2.70. The molecule has 1 atom stereocenters. The summed E-state index contributed by atoms with van der Waals surface area (Å²) in [7, 11) is 1.60. The molecule has 0 unspecified atom stereocenters. The van der Waals surface area contributed by atoms with Crippen molar-refractivity contribution in [2.45, 2.75) is 30.3 Å². The first kappa shape index (κ1) is 16.9. The van der Waals surface area contributed by atoms with Gasteiger partial charge in [-0.25, -0.2) is 4.98 Å². The second-order valence-electron chi connectivity index (χ2n) is 6.34. The largest absolute Gasteiger partial charge is 0.497 e. The van der Waals surface area contributed by atoms with Crippen LogP contribution in [0.2, 0.25) is 0 Å². The molecule has 0 saturated heterocycles. The summed E-state index contributed by atoms with van der Waals surface area (Å²) in [6.45, 7) is 0. The number of aromatic nitrogens is 2. The summed E-state index contributed by atoms with van der Waals surface area (Å²) in [4.78, 5) is 33.0. The van der Waals surface area contributed by atoms with E-state index in [1.165, 1.54) is 11.8 Å². The molecule has 0 bridgehead atoms. The second-order valence-corrected chi connectivity index (χ2v) is 7.14. The molecule has 6 nitrogen and oxygen atoms in total. The molecule has 2 N–H and O–H groups in total. The van der Waals surface area contributed by atoms with E-state index in [1.54, 1.807) is 7.11 Å². The number of fused-ring (bicyclic) bond motifs is 1. The van der Waals surface area contributed by atoms with E-state index in [0.717, 1.165) is 24.1 Å². The third-order valence-corrected chi connectivity index (χ3v) is 5.44. The lowest BCUT2D eigenvalue weighted by molar-refractivity contribution is -0.116. The normalized spacial score (nSPS) is 18.8. The summed E-state index contributed by atoms with van der Waals surface area (Å²) < 4.78 is 5.34. The van der Waals surface area contributed by atoms with Crippen molar-refractivity contribution in [1.82, 2.24) is 9.97 Å². The number of benzene rings is 1. The highest BCUT2D eigenvalue weighted by Crippen LogP contribution is 2.43. The second kappa shape index (κ2) is 6.64. The van der Waals surface area contributed by atoms with Crippen LogP contribution in [0.15, 0.2) is 45.5 Å². The van der Waals surface area contributed by atoms with Crippen molar-refractivity contribution < 1.29 is 9.53 Å². The number of ether oxygens (including phenoxy) is 1. The lowest BCUT2D eigenvalue weighted by Crippen LogP contribution is -2.32. The Bertz CT molecular complexity index is 980. The van der Waals surface area contributed by atoms with Crippen LogP contribution in [0.5, 0.6) is 5.75 Å². The van der Waals surface area contributed by atoms with Gasteiger partial charge in [-0.05, 0) is 36.8 Å². The molecule has 0 spiro atoms. The number of nitrogens with zero attached hydrogens (tertiary/aromatic N) is 1. The van der Waals surface area contributed by atoms with E-state index in [2.05, 4.69) is 15.3 Å². The maximum atomic E-state index is 12.8. The molecule has 1 aromatic heterocycles. The standard InChI is InChI=1S/C19H19N3O3S/c1-25-11-6-3-5-10(9-11)14-15-12(7-4-8-13(15)23)20-17-16(14)18(24)22-19(21-17)26-2/h3,5-6,9,14H,4,7-8H2,1-2H3,(H2,20,21,22,24)/t14-/m0/s1. The molecule has 134 valence electrons. The molecule has 1 aliphatic carbocycles. The van der Waals surface area contributed by atoms with Crippen LogP contribution >= 0.6 is 11.8 Å². The van der Waals surface area contributed by atoms with Gasteiger partial charge in [0.1, 0.15) is 11.6 Å². The molecular formula is C19H19N3O3S. The van der Waals surface area contributed by atoms with Gasteiger partial charge in [0, 0.05) is 23.6 Å². The zero-order valence-corrected chi connectivity index (χ0v) is 15.4. The molecule has 0 amide bonds. The van der Waals surface area contributed by atoms with E-state index in [9.17, 15) is 9.59 Å². The maximum Gasteiger partial charge on any atom is 0.257 e. The summed E-state index contributed by atoms with van der Waals surface area (Å²) >= 11 is 1.38. The van der Waals surface area contributed by atoms with Gasteiger partial charge in [-0.2, -0.15) is 0 Å². The van der Waals surface area contributed by atoms with Crippen LogP contribution in [-0.4, -0.2) is 29.1 Å². The van der Waals surface area contributed by atoms with E-state index < -0.39 is 5.92 Å². The van der Waals surface area contributed by atoms with Crippen molar-refractivity contribution in [1.29, 1.82) is 0 Å². The van der Waals surface area contributed by atoms with Gasteiger partial charge < -0.3 is 15.0 Å². The van der Waals surface area contributed by atoms with Crippen molar-refractivity contribution in [2.24, 2.45) is 0 Å². The van der Waals surface area contributed by atoms with Gasteiger partial charge in [0.25, 0.3) is 5.56 Å². The Kier molecular flexibility index (Phi) is 4.32. The number of carbonyl (C=O) groups excluding carboxylic acids is 1. The summed E-state index contributed by atoms with van der Waals surface area (Å²) in [6, 6.07) is 7.54. The van der Waals surface area contributed by atoms with Gasteiger partial charge in [0.05, 0.1) is 12.7 Å². The van der Waals surface area contributed by atoms with Crippen molar-refractivity contribution in [2.75, 3.05) is 18.7 Å². The van der Waals surface area contributed by atoms with Gasteiger partial charge in [-0.3, -0.25) is 9.59 Å². The van der Waals surface area contributed by atoms with Crippen LogP contribution in [0, 0.1) is 0 Å². The average Bonchev–Trinajstić information content (AvgIpc) is 2.66. The first-order chi connectivity index (χ1) is 12.6. The minimum atomic E-state index is -0.434. The molecule has 1 aliphatic heterocycles. The lowest BCUT2D eigenvalue weighted by Gasteiger charge is -2.32. The van der Waals surface area contributed by atoms with Crippen molar-refractivity contribution in [3.63, 3.8) is 0 Å². The third kappa shape index (κ3) is 2.72. The molecule has 4 rings (SSSR count). The molecular weight excluding hydrogens is 350 g/mol. The zero-order chi connectivity index (χ0) is 18.3. The topological polar surface area (TPSA) is 84.1 Å². The maximum absolute atomic E-state index is 12.8. The van der Waals surface area contributed by atoms with Crippen LogP contribution in [0.4, 0.5) is 5.82 Å². The number of carbonyl (C=O) groups is 1. The first-order valence-corrected chi connectivity index (χ1v) is 9.70. The Hall–Kier alpha value is -2.54. The number of methoxy groups -OCH3 is 1. The predicted octanol–water partition coefficient (Wildman–Crippen LogP) is 3.06. The molecule has 0 fully saturated rings. The number of nitrogens with one attached hydrogen (secondary N) is 2. The molecule has 0 radical (unpaired) electrons. The predicted molar refractivity (Wildman–Crippen MR) is 101 cm³/mol. The van der Waals surface area contributed by atoms with E-state index in [4.69, 9.17) is 4.74 Å². The monoisotopic (exact) mass is 369 g/mol. The smallest absolute Gasteiger partial charge is 0.257 e. The minimum Gasteiger partial charge on any atom is -0.497 e. The van der Waals surface area contributed by atoms with E-state index >= 15 is 0 Å². The minimum absolute atomic E-state index is 0.0885. The van der Waals surface area contributed by atoms with Gasteiger partial charge in [-0.1, -0.05) is 23.9 Å². The highest BCUT2D eigenvalue weighted by molar-refractivity contribution is 7.98. The Balaban J connectivity index is 1.98. The van der Waals surface area contributed by atoms with Gasteiger partial charge in [0.15, 0.2) is 10.9 Å². The highest BCUT2D eigenvalue weighted by Gasteiger charge is 2.37. The molecule has 7 heteroatoms. The number of aromatic amines is 1. The van der Waals surface area contributed by atoms with Crippen molar-refractivity contribution in [3.8, 4) is 5.75 Å². The molecule has 1 aromatic carbocycles. The Labute approximate surface area is 155 Å². The number of anilines is 1. The van der Waals surface area contributed by atoms with Crippen molar-refractivity contribution >= 4 is 23.4 Å². The first-order valence-electron chi connectivity index (χ1n) is 8.47. The van der Waals surface area contributed by atoms with E-state index in [-0.39, 0.29) is 11.3 Å². The molecule has 2 aromatic rings. The Morgan fingerprint density at radius 2 is 2.12 bits per heavy atom. The number of hydrogen-bond acceptors (Lipinski definition) is 6. The fourth-order valence-corrected chi connectivity index (χ4v) is 4.07. The molecule has 2 heterocycles. The number of hydrogen-bond donors (Lipinski definition) is 2. The average molecular weight is 369 g/mol. The van der Waals surface area contributed by atoms with Crippen LogP contribution in [0.3, 0.4) is 0 Å². The highest BCUT2D eigenvalue weighted by atomic mass is 32.2. The van der Waals surface area contributed by atoms with Crippen LogP contribution in [0.1, 0.15) is 36.3 Å². The van der Waals surface area contributed by atoms with Crippen LogP contribution in [0.25, 0.3) is 0 Å². The van der Waals surface area contributed by atoms with E-state index in [0.29, 0.717) is 34.3 Å². The number of ketones is 1. The molecule has 26 heavy (non-hydrogen) atoms. The molecule has 0 saturated carbocycles. The fourth-order valence-electron chi connectivity index (χ4n) is 3.69. The van der Waals surface area contributed by atoms with Gasteiger partial charge in [0.2, 0.25) is 0 Å². The number of Topliss-reactive ketones (excluding diaryl/α,β-unsaturated/α-hetero) is 1. The Morgan fingerprint density at radius 3 is 2.88 bits per heavy atom. The quantitative estimate of drug-likeness (QED) is 0.639.